The third-order valence-corrected chi connectivity index (χ3v) is 3.96. The second kappa shape index (κ2) is 7.55. The molecule has 1 atom stereocenters. The standard InChI is InChI=1S/C15H21BrN4/c1-3-8-18-14(15-13(16)11-19-20(15)2)7-6-12-5-4-9-17-10-12/h4-5,9-11,14,18H,3,6-8H2,1-2H3. The van der Waals surface area contributed by atoms with Gasteiger partial charge in [-0.05, 0) is 53.4 Å². The highest BCUT2D eigenvalue weighted by Crippen LogP contribution is 2.26. The van der Waals surface area contributed by atoms with Gasteiger partial charge in [0, 0.05) is 19.4 Å². The normalized spacial score (nSPS) is 12.6. The van der Waals surface area contributed by atoms with Gasteiger partial charge in [-0.3, -0.25) is 9.67 Å². The molecule has 0 aliphatic heterocycles. The van der Waals surface area contributed by atoms with Crippen molar-refractivity contribution in [1.29, 1.82) is 0 Å². The topological polar surface area (TPSA) is 42.7 Å². The largest absolute Gasteiger partial charge is 0.309 e. The summed E-state index contributed by atoms with van der Waals surface area (Å²) in [4.78, 5) is 4.18. The van der Waals surface area contributed by atoms with E-state index < -0.39 is 0 Å². The first-order valence-electron chi connectivity index (χ1n) is 7.02. The summed E-state index contributed by atoms with van der Waals surface area (Å²) in [7, 11) is 1.99. The van der Waals surface area contributed by atoms with E-state index >= 15 is 0 Å². The zero-order valence-corrected chi connectivity index (χ0v) is 13.6. The van der Waals surface area contributed by atoms with Crippen LogP contribution in [0.4, 0.5) is 0 Å². The maximum absolute atomic E-state index is 4.32. The zero-order chi connectivity index (χ0) is 14.4. The molecule has 0 fully saturated rings. The minimum Gasteiger partial charge on any atom is -0.309 e. The van der Waals surface area contributed by atoms with E-state index in [0.717, 1.165) is 30.3 Å². The molecule has 20 heavy (non-hydrogen) atoms. The van der Waals surface area contributed by atoms with Crippen LogP contribution in [0.1, 0.15) is 37.1 Å². The van der Waals surface area contributed by atoms with Crippen LogP contribution in [-0.2, 0) is 13.5 Å². The number of hydrogen-bond acceptors (Lipinski definition) is 3. The van der Waals surface area contributed by atoms with E-state index in [2.05, 4.69) is 44.3 Å². The molecule has 2 heterocycles. The van der Waals surface area contributed by atoms with Crippen molar-refractivity contribution in [3.8, 4) is 0 Å². The molecular formula is C15H21BrN4. The number of aromatic nitrogens is 3. The van der Waals surface area contributed by atoms with E-state index in [9.17, 15) is 0 Å². The van der Waals surface area contributed by atoms with E-state index in [-0.39, 0.29) is 0 Å². The van der Waals surface area contributed by atoms with Gasteiger partial charge in [-0.15, -0.1) is 0 Å². The Hall–Kier alpha value is -1.20. The predicted molar refractivity (Wildman–Crippen MR) is 84.5 cm³/mol. The molecule has 0 aliphatic rings. The third-order valence-electron chi connectivity index (χ3n) is 3.35. The van der Waals surface area contributed by atoms with Gasteiger partial charge in [0.1, 0.15) is 0 Å². The van der Waals surface area contributed by atoms with Gasteiger partial charge in [-0.1, -0.05) is 13.0 Å². The Kier molecular flexibility index (Phi) is 5.73. The first-order chi connectivity index (χ1) is 9.72. The number of aryl methyl sites for hydroxylation is 2. The Bertz CT molecular complexity index is 504. The average molecular weight is 337 g/mol. The molecule has 0 amide bonds. The molecule has 2 aromatic heterocycles. The van der Waals surface area contributed by atoms with Crippen LogP contribution < -0.4 is 5.32 Å². The first kappa shape index (κ1) is 15.2. The molecule has 0 saturated carbocycles. The van der Waals surface area contributed by atoms with Crippen LogP contribution in [0.5, 0.6) is 0 Å². The quantitative estimate of drug-likeness (QED) is 0.843. The summed E-state index contributed by atoms with van der Waals surface area (Å²) in [6.07, 6.45) is 8.78. The first-order valence-corrected chi connectivity index (χ1v) is 7.81. The van der Waals surface area contributed by atoms with E-state index in [4.69, 9.17) is 0 Å². The molecule has 0 saturated heterocycles. The summed E-state index contributed by atoms with van der Waals surface area (Å²) < 4.78 is 3.01. The molecule has 2 rings (SSSR count). The number of rotatable bonds is 7. The van der Waals surface area contributed by atoms with Gasteiger partial charge < -0.3 is 5.32 Å². The fourth-order valence-electron chi connectivity index (χ4n) is 2.32. The molecule has 1 unspecified atom stereocenters. The average Bonchev–Trinajstić information content (AvgIpc) is 2.80. The Balaban J connectivity index is 2.08. The van der Waals surface area contributed by atoms with E-state index in [0.29, 0.717) is 6.04 Å². The van der Waals surface area contributed by atoms with Crippen molar-refractivity contribution in [2.24, 2.45) is 7.05 Å². The van der Waals surface area contributed by atoms with Crippen LogP contribution in [0, 0.1) is 0 Å². The van der Waals surface area contributed by atoms with Gasteiger partial charge in [0.2, 0.25) is 0 Å². The summed E-state index contributed by atoms with van der Waals surface area (Å²) >= 11 is 3.60. The Morgan fingerprint density at radius 1 is 1.40 bits per heavy atom. The molecule has 0 radical (unpaired) electrons. The number of halogens is 1. The van der Waals surface area contributed by atoms with Gasteiger partial charge in [0.15, 0.2) is 0 Å². The molecule has 2 aromatic rings. The van der Waals surface area contributed by atoms with Crippen LogP contribution in [-0.4, -0.2) is 21.3 Å². The van der Waals surface area contributed by atoms with Gasteiger partial charge in [0.25, 0.3) is 0 Å². The molecule has 1 N–H and O–H groups in total. The second-order valence-corrected chi connectivity index (χ2v) is 5.76. The monoisotopic (exact) mass is 336 g/mol. The predicted octanol–water partition coefficient (Wildman–Crippen LogP) is 3.25. The van der Waals surface area contributed by atoms with Crippen LogP contribution >= 0.6 is 15.9 Å². The molecule has 0 aliphatic carbocycles. The van der Waals surface area contributed by atoms with Crippen LogP contribution in [0.2, 0.25) is 0 Å². The lowest BCUT2D eigenvalue weighted by Gasteiger charge is -2.19. The molecule has 0 aromatic carbocycles. The SMILES string of the molecule is CCCNC(CCc1cccnc1)c1c(Br)cnn1C. The zero-order valence-electron chi connectivity index (χ0n) is 12.0. The fourth-order valence-corrected chi connectivity index (χ4v) is 2.95. The summed E-state index contributed by atoms with van der Waals surface area (Å²) in [5, 5.41) is 7.93. The summed E-state index contributed by atoms with van der Waals surface area (Å²) in [6, 6.07) is 4.42. The van der Waals surface area contributed by atoms with Crippen molar-refractivity contribution in [1.82, 2.24) is 20.1 Å². The Labute approximate surface area is 128 Å². The smallest absolute Gasteiger partial charge is 0.0692 e. The molecular weight excluding hydrogens is 316 g/mol. The van der Waals surface area contributed by atoms with Crippen molar-refractivity contribution in [2.75, 3.05) is 6.54 Å². The van der Waals surface area contributed by atoms with Gasteiger partial charge in [-0.25, -0.2) is 0 Å². The van der Waals surface area contributed by atoms with Crippen molar-refractivity contribution in [2.45, 2.75) is 32.2 Å². The highest BCUT2D eigenvalue weighted by molar-refractivity contribution is 9.10. The number of pyridine rings is 1. The van der Waals surface area contributed by atoms with Crippen molar-refractivity contribution in [3.05, 3.63) is 46.5 Å². The lowest BCUT2D eigenvalue weighted by atomic mass is 10.0. The van der Waals surface area contributed by atoms with Crippen molar-refractivity contribution >= 4 is 15.9 Å². The maximum Gasteiger partial charge on any atom is 0.0692 e. The van der Waals surface area contributed by atoms with Gasteiger partial charge in [-0.2, -0.15) is 5.10 Å². The highest BCUT2D eigenvalue weighted by Gasteiger charge is 2.18. The summed E-state index contributed by atoms with van der Waals surface area (Å²) in [5.74, 6) is 0. The van der Waals surface area contributed by atoms with Crippen LogP contribution in [0.15, 0.2) is 35.2 Å². The molecule has 4 nitrogen and oxygen atoms in total. The molecule has 108 valence electrons. The lowest BCUT2D eigenvalue weighted by molar-refractivity contribution is 0.466. The van der Waals surface area contributed by atoms with Gasteiger partial charge in [0.05, 0.1) is 22.4 Å². The van der Waals surface area contributed by atoms with E-state index in [1.54, 1.807) is 0 Å². The van der Waals surface area contributed by atoms with Crippen LogP contribution in [0.3, 0.4) is 0 Å². The summed E-state index contributed by atoms with van der Waals surface area (Å²) in [5.41, 5.74) is 2.48. The minimum absolute atomic E-state index is 0.303. The molecule has 0 bridgehead atoms. The molecule has 5 heteroatoms. The Morgan fingerprint density at radius 2 is 2.25 bits per heavy atom. The third kappa shape index (κ3) is 3.90. The highest BCUT2D eigenvalue weighted by atomic mass is 79.9. The second-order valence-electron chi connectivity index (χ2n) is 4.91. The molecule has 0 spiro atoms. The lowest BCUT2D eigenvalue weighted by Crippen LogP contribution is -2.25. The maximum atomic E-state index is 4.32. The number of nitrogens with zero attached hydrogens (tertiary/aromatic N) is 3. The van der Waals surface area contributed by atoms with E-state index in [1.165, 1.54) is 11.3 Å². The number of nitrogens with one attached hydrogen (secondary N) is 1. The van der Waals surface area contributed by atoms with Crippen molar-refractivity contribution < 1.29 is 0 Å². The van der Waals surface area contributed by atoms with E-state index in [1.807, 2.05) is 36.4 Å². The van der Waals surface area contributed by atoms with Crippen molar-refractivity contribution in [3.63, 3.8) is 0 Å². The Morgan fingerprint density at radius 3 is 2.85 bits per heavy atom. The summed E-state index contributed by atoms with van der Waals surface area (Å²) in [6.45, 7) is 3.19. The number of hydrogen-bond donors (Lipinski definition) is 1. The van der Waals surface area contributed by atoms with Crippen LogP contribution in [0.25, 0.3) is 0 Å². The minimum atomic E-state index is 0.303. The van der Waals surface area contributed by atoms with Gasteiger partial charge >= 0.3 is 0 Å². The fraction of sp³-hybridized carbons (Fsp3) is 0.467.